The van der Waals surface area contributed by atoms with Crippen LogP contribution in [-0.4, -0.2) is 124 Å². The van der Waals surface area contributed by atoms with Crippen LogP contribution in [0.5, 0.6) is 0 Å². The van der Waals surface area contributed by atoms with Crippen molar-refractivity contribution in [2.45, 2.75) is 76.5 Å². The second kappa shape index (κ2) is 20.2. The molecule has 1 unspecified atom stereocenters. The van der Waals surface area contributed by atoms with Gasteiger partial charge in [-0.3, -0.25) is 33.6 Å². The van der Waals surface area contributed by atoms with Gasteiger partial charge in [-0.1, -0.05) is 57.0 Å². The van der Waals surface area contributed by atoms with Crippen LogP contribution in [-0.2, 0) is 33.6 Å². The summed E-state index contributed by atoms with van der Waals surface area (Å²) in [6.45, 7) is 5.89. The molecule has 1 aliphatic heterocycles. The number of aliphatic hydroxyl groups is 1. The second-order valence-electron chi connectivity index (χ2n) is 10.3. The van der Waals surface area contributed by atoms with Gasteiger partial charge in [0, 0.05) is 28.9 Å². The van der Waals surface area contributed by atoms with E-state index in [1.165, 1.54) is 42.5 Å². The fourth-order valence-electron chi connectivity index (χ4n) is 3.55. The number of carboxylic acids is 1. The maximum atomic E-state index is 13.1. The van der Waals surface area contributed by atoms with Crippen molar-refractivity contribution in [1.29, 1.82) is 0 Å². The van der Waals surface area contributed by atoms with Crippen molar-refractivity contribution < 1.29 is 43.8 Å². The number of nitrogens with two attached hydrogens (primary N) is 1. The molecule has 0 aliphatic carbocycles. The average Bonchev–Trinajstić information content (AvgIpc) is 2.94. The van der Waals surface area contributed by atoms with Crippen LogP contribution in [0.4, 0.5) is 0 Å². The third kappa shape index (κ3) is 13.9. The average molecular weight is 699 g/mol. The fourth-order valence-corrected chi connectivity index (χ4v) is 8.34. The van der Waals surface area contributed by atoms with E-state index in [1.54, 1.807) is 13.8 Å². The zero-order valence-electron chi connectivity index (χ0n) is 25.1. The molecule has 1 saturated heterocycles. The van der Waals surface area contributed by atoms with Crippen LogP contribution < -0.4 is 32.3 Å². The van der Waals surface area contributed by atoms with Gasteiger partial charge in [0.1, 0.15) is 12.1 Å². The number of carbonyl (C=O) groups is 7. The molecule has 1 heterocycles. The summed E-state index contributed by atoms with van der Waals surface area (Å²) >= 11 is 0. The number of rotatable bonds is 7. The summed E-state index contributed by atoms with van der Waals surface area (Å²) < 4.78 is 0. The van der Waals surface area contributed by atoms with E-state index in [-0.39, 0.29) is 34.6 Å². The molecular formula is C25H42N6O9S4. The maximum absolute atomic E-state index is 13.1. The van der Waals surface area contributed by atoms with Crippen molar-refractivity contribution in [3.63, 3.8) is 0 Å². The highest BCUT2D eigenvalue weighted by Gasteiger charge is 2.33. The van der Waals surface area contributed by atoms with Crippen LogP contribution in [0.25, 0.3) is 0 Å². The molecule has 1 fully saturated rings. The van der Waals surface area contributed by atoms with Crippen molar-refractivity contribution in [3.8, 4) is 0 Å². The normalized spacial score (nSPS) is 28.3. The highest BCUT2D eigenvalue weighted by molar-refractivity contribution is 8.77. The van der Waals surface area contributed by atoms with Crippen LogP contribution >= 0.6 is 43.2 Å². The van der Waals surface area contributed by atoms with Crippen molar-refractivity contribution in [2.75, 3.05) is 30.1 Å². The second-order valence-corrected chi connectivity index (χ2v) is 15.4. The Kier molecular flexibility index (Phi) is 18.3. The first-order chi connectivity index (χ1) is 20.6. The number of hydrogen-bond donors (Lipinski definition) is 8. The molecule has 1 aliphatic rings. The summed E-state index contributed by atoms with van der Waals surface area (Å²) in [6, 6.07) is -6.83. The summed E-state index contributed by atoms with van der Waals surface area (Å²) in [7, 11) is 6.15. The van der Waals surface area contributed by atoms with E-state index in [1.807, 2.05) is 0 Å². The SMILES string of the molecule is CN[C@H]1CSSC[C@@H](C(=O)C(C)C)NC(=O)[C@H](CC(=O)O)NC(=O)[C@@H](N)CSSC[C@@H](C(C)=O)NC(=O)C([C@@H](C)O)NC1=O. The van der Waals surface area contributed by atoms with Gasteiger partial charge in [0.15, 0.2) is 11.6 Å². The third-order valence-corrected chi connectivity index (χ3v) is 11.1. The number of Topliss-reactive ketones (excluding diaryl/α,β-unsaturated/α-hetero) is 2. The molecule has 7 atom stereocenters. The number of ketones is 2. The molecular weight excluding hydrogens is 657 g/mol. The lowest BCUT2D eigenvalue weighted by atomic mass is 10.0. The van der Waals surface area contributed by atoms with Crippen LogP contribution in [0.2, 0.25) is 0 Å². The van der Waals surface area contributed by atoms with Crippen LogP contribution in [0.3, 0.4) is 0 Å². The summed E-state index contributed by atoms with van der Waals surface area (Å²) in [4.78, 5) is 88.4. The van der Waals surface area contributed by atoms with Gasteiger partial charge in [0.25, 0.3) is 0 Å². The quantitative estimate of drug-likeness (QED) is 0.138. The third-order valence-electron chi connectivity index (χ3n) is 6.23. The molecule has 0 aromatic heterocycles. The summed E-state index contributed by atoms with van der Waals surface area (Å²) in [6.07, 6.45) is -2.03. The Balaban J connectivity index is 3.29. The standard InChI is InChI=1S/C25H42N6O9S4/c1-11(2)21(36)17-9-43-44-10-18(27-5)24(39)31-20(13(4)33)25(40)29-16(12(3)32)8-42-41-7-14(26)22(37)28-15(6-19(34)35)23(38)30-17/h11,13-18,20,27,33H,6-10,26H2,1-5H3,(H,28,37)(H,29,40)(H,30,38)(H,31,39)(H,34,35)/t13-,14+,15+,16+,17+,18+,20?/m1/s1. The lowest BCUT2D eigenvalue weighted by Crippen LogP contribution is -2.59. The molecule has 44 heavy (non-hydrogen) atoms. The van der Waals surface area contributed by atoms with E-state index in [0.717, 1.165) is 21.6 Å². The molecule has 4 amide bonds. The molecule has 0 radical (unpaired) electrons. The molecule has 0 bridgehead atoms. The lowest BCUT2D eigenvalue weighted by Gasteiger charge is -2.26. The highest BCUT2D eigenvalue weighted by atomic mass is 33.1. The van der Waals surface area contributed by atoms with Gasteiger partial charge >= 0.3 is 5.97 Å². The molecule has 19 heteroatoms. The highest BCUT2D eigenvalue weighted by Crippen LogP contribution is 2.25. The molecule has 0 aromatic carbocycles. The van der Waals surface area contributed by atoms with Crippen molar-refractivity contribution in [2.24, 2.45) is 11.7 Å². The van der Waals surface area contributed by atoms with Crippen molar-refractivity contribution in [3.05, 3.63) is 0 Å². The van der Waals surface area contributed by atoms with Gasteiger partial charge in [0.05, 0.1) is 36.7 Å². The molecule has 0 saturated carbocycles. The zero-order chi connectivity index (χ0) is 33.6. The molecule has 250 valence electrons. The van der Waals surface area contributed by atoms with E-state index < -0.39 is 84.3 Å². The molecule has 9 N–H and O–H groups in total. The van der Waals surface area contributed by atoms with Crippen molar-refractivity contribution >= 4 is 84.3 Å². The minimum absolute atomic E-state index is 0.0105. The Hall–Kier alpha value is -2.03. The Morgan fingerprint density at radius 2 is 1.39 bits per heavy atom. The van der Waals surface area contributed by atoms with E-state index in [4.69, 9.17) is 5.73 Å². The van der Waals surface area contributed by atoms with E-state index >= 15 is 0 Å². The predicted octanol–water partition coefficient (Wildman–Crippen LogP) is -1.71. The predicted molar refractivity (Wildman–Crippen MR) is 173 cm³/mol. The summed E-state index contributed by atoms with van der Waals surface area (Å²) in [5.41, 5.74) is 5.96. The molecule has 0 spiro atoms. The number of nitrogens with one attached hydrogen (secondary N) is 5. The first-order valence-electron chi connectivity index (χ1n) is 13.7. The van der Waals surface area contributed by atoms with Gasteiger partial charge in [-0.25, -0.2) is 0 Å². The fraction of sp³-hybridized carbons (Fsp3) is 0.720. The van der Waals surface area contributed by atoms with Gasteiger partial charge < -0.3 is 42.5 Å². The lowest BCUT2D eigenvalue weighted by molar-refractivity contribution is -0.141. The van der Waals surface area contributed by atoms with Crippen molar-refractivity contribution in [1.82, 2.24) is 26.6 Å². The largest absolute Gasteiger partial charge is 0.481 e. The van der Waals surface area contributed by atoms with Gasteiger partial charge in [0.2, 0.25) is 23.6 Å². The first-order valence-corrected chi connectivity index (χ1v) is 18.6. The monoisotopic (exact) mass is 698 g/mol. The molecule has 1 rings (SSSR count). The Labute approximate surface area is 272 Å². The Bertz CT molecular complexity index is 1050. The van der Waals surface area contributed by atoms with Crippen LogP contribution in [0.15, 0.2) is 0 Å². The minimum Gasteiger partial charge on any atom is -0.481 e. The van der Waals surface area contributed by atoms with Crippen LogP contribution in [0, 0.1) is 5.92 Å². The van der Waals surface area contributed by atoms with E-state index in [9.17, 15) is 43.8 Å². The van der Waals surface area contributed by atoms with Gasteiger partial charge in [-0.15, -0.1) is 0 Å². The topological polar surface area (TPSA) is 246 Å². The first kappa shape index (κ1) is 40.0. The zero-order valence-corrected chi connectivity index (χ0v) is 28.4. The number of carboxylic acid groups (broad SMARTS) is 1. The summed E-state index contributed by atoms with van der Waals surface area (Å²) in [5.74, 6) is -5.20. The number of likely N-dealkylation sites (N-methyl/N-ethyl adjacent to an activating group) is 1. The van der Waals surface area contributed by atoms with E-state index in [0.29, 0.717) is 0 Å². The Morgan fingerprint density at radius 3 is 1.91 bits per heavy atom. The number of aliphatic hydroxyl groups excluding tert-OH is 1. The van der Waals surface area contributed by atoms with E-state index in [2.05, 4.69) is 26.6 Å². The molecule has 0 aromatic rings. The Morgan fingerprint density at radius 1 is 0.841 bits per heavy atom. The smallest absolute Gasteiger partial charge is 0.305 e. The number of amides is 4. The minimum atomic E-state index is -1.50. The van der Waals surface area contributed by atoms with Gasteiger partial charge in [-0.2, -0.15) is 0 Å². The van der Waals surface area contributed by atoms with Gasteiger partial charge in [-0.05, 0) is 20.9 Å². The number of hydrogen-bond acceptors (Lipinski definition) is 14. The number of carbonyl (C=O) groups excluding carboxylic acids is 6. The molecule has 15 nitrogen and oxygen atoms in total. The summed E-state index contributed by atoms with van der Waals surface area (Å²) in [5, 5.41) is 32.4. The number of aliphatic carboxylic acids is 1. The van der Waals surface area contributed by atoms with Crippen LogP contribution in [0.1, 0.15) is 34.1 Å². The maximum Gasteiger partial charge on any atom is 0.305 e.